The Bertz CT molecular complexity index is 3420. The predicted octanol–water partition coefficient (Wildman–Crippen LogP) is 11.4. The zero-order valence-corrected chi connectivity index (χ0v) is 43.7. The standard InChI is InChI=1S/C56H55F4NO8S3/c1-30(2)37-15-12-16-38(31(3)4)44(37)26-35-20-22-41-46(28-35)69-47-29-36(27-45-39(32(5)6)17-13-18-40(45)33(7)8)21-23-42(47)49(41)43-14-10-11-19-48(43)71(64,65)61-72(66,67)55-52(59)50(57)54(51(58)53(55)60)70-25-24-68-56(63)34(9)62/h10-23,26,28-33,61H,24-25,27H2,1-9H3/b35-26+. The summed E-state index contributed by atoms with van der Waals surface area (Å²) in [5.74, 6) is -10.2. The Kier molecular flexibility index (Phi) is 16.1. The van der Waals surface area contributed by atoms with E-state index in [4.69, 9.17) is 4.74 Å². The number of ketones is 1. The molecule has 1 aliphatic heterocycles. The number of Topliss-reactive ketones (excluding diaryl/α,β-unsaturated/α-hetero) is 1. The van der Waals surface area contributed by atoms with Gasteiger partial charge in [-0.25, -0.2) is 39.2 Å². The fourth-order valence-corrected chi connectivity index (χ4v) is 13.0. The number of hydrogen-bond donors (Lipinski definition) is 1. The summed E-state index contributed by atoms with van der Waals surface area (Å²) in [6.45, 7) is 17.4. The predicted molar refractivity (Wildman–Crippen MR) is 272 cm³/mol. The molecule has 6 aromatic rings. The Morgan fingerprint density at radius 1 is 0.653 bits per heavy atom. The van der Waals surface area contributed by atoms with E-state index in [9.17, 15) is 26.4 Å². The van der Waals surface area contributed by atoms with Crippen molar-refractivity contribution in [2.75, 3.05) is 12.4 Å². The smallest absolute Gasteiger partial charge is 0.374 e. The highest BCUT2D eigenvalue weighted by molar-refractivity contribution is 8.04. The lowest BCUT2D eigenvalue weighted by atomic mass is 9.85. The number of fused-ring (bicyclic) bond motifs is 2. The molecule has 16 heteroatoms. The van der Waals surface area contributed by atoms with Crippen LogP contribution in [0, 0.1) is 23.3 Å². The molecule has 7 rings (SSSR count). The molecule has 6 aromatic carbocycles. The third kappa shape index (κ3) is 11.0. The number of rotatable bonds is 17. The summed E-state index contributed by atoms with van der Waals surface area (Å²) in [7, 11) is -11.3. The second-order valence-electron chi connectivity index (χ2n) is 18.8. The fourth-order valence-electron chi connectivity index (χ4n) is 8.97. The number of benzene rings is 6. The van der Waals surface area contributed by atoms with Gasteiger partial charge in [0.25, 0.3) is 20.0 Å². The summed E-state index contributed by atoms with van der Waals surface area (Å²) in [5.41, 5.74) is 8.60. The normalized spacial score (nSPS) is 13.0. The molecule has 72 heavy (non-hydrogen) atoms. The first-order valence-electron chi connectivity index (χ1n) is 23.4. The Morgan fingerprint density at radius 2 is 1.22 bits per heavy atom. The lowest BCUT2D eigenvalue weighted by Crippen LogP contribution is -2.33. The van der Waals surface area contributed by atoms with Crippen LogP contribution in [-0.4, -0.2) is 40.9 Å². The quantitative estimate of drug-likeness (QED) is 0.0236. The van der Waals surface area contributed by atoms with Gasteiger partial charge in [0.2, 0.25) is 5.78 Å². The first-order valence-corrected chi connectivity index (χ1v) is 27.3. The molecule has 0 aliphatic carbocycles. The maximum atomic E-state index is 15.6. The molecule has 9 nitrogen and oxygen atoms in total. The van der Waals surface area contributed by atoms with Crippen LogP contribution in [0.2, 0.25) is 0 Å². The van der Waals surface area contributed by atoms with E-state index in [1.165, 1.54) is 39.0 Å². The Hall–Kier alpha value is -6.07. The monoisotopic (exact) mass is 1040 g/mol. The number of hydrogen-bond acceptors (Lipinski definition) is 9. The van der Waals surface area contributed by atoms with E-state index in [2.05, 4.69) is 96.5 Å². The van der Waals surface area contributed by atoms with Gasteiger partial charge in [-0.1, -0.05) is 128 Å². The van der Waals surface area contributed by atoms with Gasteiger partial charge in [-0.15, -0.1) is 15.9 Å². The highest BCUT2D eigenvalue weighted by Crippen LogP contribution is 2.41. The topological polar surface area (TPSA) is 133 Å². The summed E-state index contributed by atoms with van der Waals surface area (Å²) in [5, 5.41) is 1.23. The molecule has 0 saturated heterocycles. The van der Waals surface area contributed by atoms with Gasteiger partial charge >= 0.3 is 5.97 Å². The summed E-state index contributed by atoms with van der Waals surface area (Å²) in [6, 6.07) is 29.1. The van der Waals surface area contributed by atoms with E-state index in [-0.39, 0.29) is 41.0 Å². The maximum Gasteiger partial charge on any atom is 0.374 e. The molecule has 1 aliphatic rings. The second-order valence-corrected chi connectivity index (χ2v) is 23.4. The van der Waals surface area contributed by atoms with Gasteiger partial charge in [-0.2, -0.15) is 0 Å². The van der Waals surface area contributed by atoms with Crippen molar-refractivity contribution in [3.8, 4) is 11.5 Å². The van der Waals surface area contributed by atoms with Crippen LogP contribution in [0.1, 0.15) is 136 Å². The average Bonchev–Trinajstić information content (AvgIpc) is 3.31. The second kappa shape index (κ2) is 21.6. The summed E-state index contributed by atoms with van der Waals surface area (Å²) < 4.78 is 131. The third-order valence-electron chi connectivity index (χ3n) is 12.4. The van der Waals surface area contributed by atoms with E-state index >= 15 is 17.6 Å². The molecule has 0 atom stereocenters. The molecular weight excluding hydrogens is 987 g/mol. The molecule has 0 radical (unpaired) electrons. The van der Waals surface area contributed by atoms with Crippen molar-refractivity contribution in [3.63, 3.8) is 0 Å². The van der Waals surface area contributed by atoms with E-state index in [0.717, 1.165) is 40.5 Å². The molecule has 1 heterocycles. The SMILES string of the molecule is CC(=O)C(=O)OCCSc1c(F)c(F)c(S(=O)(=O)NS(=O)(=O)c2ccccc2C2=c3cc/c(=C\c4c(C(C)C)cccc4C(C)C)cc3Oc3cc(Cc4c(C(C)C)cccc4C(C)C)ccc32)c(F)c1F. The van der Waals surface area contributed by atoms with Gasteiger partial charge in [-0.05, 0) is 105 Å². The number of thioether (sulfide) groups is 1. The van der Waals surface area contributed by atoms with Crippen LogP contribution in [-0.2, 0) is 40.8 Å². The average molecular weight is 1040 g/mol. The van der Waals surface area contributed by atoms with E-state index in [1.54, 1.807) is 12.1 Å². The van der Waals surface area contributed by atoms with Gasteiger partial charge in [-0.3, -0.25) is 4.79 Å². The van der Waals surface area contributed by atoms with E-state index in [1.807, 2.05) is 30.3 Å². The first-order chi connectivity index (χ1) is 33.9. The number of carbonyl (C=O) groups excluding carboxylic acids is 2. The van der Waals surface area contributed by atoms with Crippen molar-refractivity contribution in [3.05, 3.63) is 181 Å². The van der Waals surface area contributed by atoms with Crippen LogP contribution < -0.4 is 19.3 Å². The van der Waals surface area contributed by atoms with Gasteiger partial charge in [0.15, 0.2) is 28.2 Å². The lowest BCUT2D eigenvalue weighted by molar-refractivity contribution is -0.152. The number of carbonyl (C=O) groups is 2. The van der Waals surface area contributed by atoms with Gasteiger partial charge in [0.1, 0.15) is 18.1 Å². The largest absolute Gasteiger partial charge is 0.459 e. The molecule has 1 N–H and O–H groups in total. The highest BCUT2D eigenvalue weighted by atomic mass is 32.3. The molecule has 378 valence electrons. The third-order valence-corrected chi connectivity index (χ3v) is 17.0. The van der Waals surface area contributed by atoms with Crippen LogP contribution in [0.4, 0.5) is 17.6 Å². The molecule has 0 bridgehead atoms. The first kappa shape index (κ1) is 53.7. The van der Waals surface area contributed by atoms with Gasteiger partial charge in [0, 0.05) is 34.6 Å². The number of halogens is 4. The summed E-state index contributed by atoms with van der Waals surface area (Å²) in [4.78, 5) is 18.4. The molecular formula is C56H55F4NO8S3. The summed E-state index contributed by atoms with van der Waals surface area (Å²) in [6.07, 6.45) is 2.64. The number of ether oxygens (including phenoxy) is 2. The molecule has 0 fully saturated rings. The van der Waals surface area contributed by atoms with Gasteiger partial charge in [0.05, 0.1) is 9.79 Å². The number of nitrogens with one attached hydrogen (secondary N) is 1. The van der Waals surface area contributed by atoms with Crippen molar-refractivity contribution < 1.29 is 53.5 Å². The van der Waals surface area contributed by atoms with Crippen molar-refractivity contribution in [1.82, 2.24) is 4.13 Å². The van der Waals surface area contributed by atoms with Crippen LogP contribution in [0.25, 0.3) is 11.6 Å². The van der Waals surface area contributed by atoms with Crippen molar-refractivity contribution in [2.45, 2.75) is 107 Å². The van der Waals surface area contributed by atoms with Crippen molar-refractivity contribution in [2.24, 2.45) is 0 Å². The Morgan fingerprint density at radius 3 is 1.79 bits per heavy atom. The van der Waals surface area contributed by atoms with Crippen LogP contribution >= 0.6 is 11.8 Å². The minimum absolute atomic E-state index is 0.0227. The fraction of sp³-hybridized carbons (Fsp3) is 0.286. The maximum absolute atomic E-state index is 15.6. The van der Waals surface area contributed by atoms with Crippen molar-refractivity contribution in [1.29, 1.82) is 0 Å². The molecule has 0 spiro atoms. The zero-order chi connectivity index (χ0) is 52.6. The van der Waals surface area contributed by atoms with Crippen LogP contribution in [0.3, 0.4) is 0 Å². The molecule has 0 unspecified atom stereocenters. The lowest BCUT2D eigenvalue weighted by Gasteiger charge is -2.24. The summed E-state index contributed by atoms with van der Waals surface area (Å²) >= 11 is 0.133. The van der Waals surface area contributed by atoms with Gasteiger partial charge < -0.3 is 9.47 Å². The minimum Gasteiger partial charge on any atom is -0.459 e. The molecule has 0 amide bonds. The Balaban J connectivity index is 1.38. The molecule has 0 aromatic heterocycles. The van der Waals surface area contributed by atoms with Crippen LogP contribution in [0.5, 0.6) is 11.5 Å². The van der Waals surface area contributed by atoms with E-state index in [0.29, 0.717) is 34.3 Å². The highest BCUT2D eigenvalue weighted by Gasteiger charge is 2.38. The molecule has 0 saturated carbocycles. The number of esters is 1. The van der Waals surface area contributed by atoms with Crippen molar-refractivity contribution >= 4 is 55.2 Å². The number of sulfonamides is 2. The van der Waals surface area contributed by atoms with Crippen LogP contribution in [0.15, 0.2) is 112 Å². The minimum atomic E-state index is -5.94. The Labute approximate surface area is 422 Å². The van der Waals surface area contributed by atoms with E-state index < -0.39 is 82.1 Å². The zero-order valence-electron chi connectivity index (χ0n) is 41.2.